The van der Waals surface area contributed by atoms with Crippen LogP contribution in [-0.4, -0.2) is 42.1 Å². The van der Waals surface area contributed by atoms with E-state index in [1.165, 1.54) is 30.6 Å². The van der Waals surface area contributed by atoms with Gasteiger partial charge in [-0.3, -0.25) is 14.9 Å². The fourth-order valence-corrected chi connectivity index (χ4v) is 8.00. The number of rotatable bonds is 8. The first kappa shape index (κ1) is 25.0. The van der Waals surface area contributed by atoms with E-state index in [1.807, 2.05) is 73.6 Å². The molecule has 0 radical (unpaired) electrons. The van der Waals surface area contributed by atoms with Gasteiger partial charge in [0.2, 0.25) is 16.9 Å². The molecule has 8 heteroatoms. The average molecular weight is 530 g/mol. The number of anilines is 2. The minimum absolute atomic E-state index is 0.0617. The molecule has 0 spiro atoms. The minimum Gasteiger partial charge on any atom is -0.378 e. The van der Waals surface area contributed by atoms with Crippen LogP contribution in [-0.2, 0) is 16.0 Å². The van der Waals surface area contributed by atoms with E-state index in [4.69, 9.17) is 0 Å². The van der Waals surface area contributed by atoms with Crippen molar-refractivity contribution in [2.75, 3.05) is 24.3 Å². The van der Waals surface area contributed by atoms with Gasteiger partial charge in [0, 0.05) is 37.2 Å². The van der Waals surface area contributed by atoms with Crippen molar-refractivity contribution >= 4 is 34.0 Å². The molecule has 4 fully saturated rings. The molecule has 7 rings (SSSR count). The van der Waals surface area contributed by atoms with Gasteiger partial charge in [-0.1, -0.05) is 41.7 Å². The Morgan fingerprint density at radius 1 is 0.947 bits per heavy atom. The quantitative estimate of drug-likeness (QED) is 0.421. The first-order valence-electron chi connectivity index (χ1n) is 13.6. The fraction of sp³-hybridized carbons (Fsp3) is 0.467. The van der Waals surface area contributed by atoms with Crippen LogP contribution in [0.5, 0.6) is 0 Å². The van der Waals surface area contributed by atoms with Gasteiger partial charge in [0.1, 0.15) is 11.0 Å². The van der Waals surface area contributed by atoms with Crippen LogP contribution < -0.4 is 15.5 Å². The number of hydrogen-bond donors (Lipinski definition) is 2. The van der Waals surface area contributed by atoms with Crippen LogP contribution in [0.1, 0.15) is 44.1 Å². The van der Waals surface area contributed by atoms with E-state index < -0.39 is 6.04 Å². The van der Waals surface area contributed by atoms with Crippen LogP contribution >= 0.6 is 11.3 Å². The summed E-state index contributed by atoms with van der Waals surface area (Å²) in [4.78, 5) is 29.4. The van der Waals surface area contributed by atoms with E-state index in [1.54, 1.807) is 0 Å². The zero-order chi connectivity index (χ0) is 26.3. The van der Waals surface area contributed by atoms with Gasteiger partial charge in [0.25, 0.3) is 0 Å². The highest BCUT2D eigenvalue weighted by molar-refractivity contribution is 7.18. The molecule has 7 nitrogen and oxygen atoms in total. The van der Waals surface area contributed by atoms with E-state index in [9.17, 15) is 9.59 Å². The van der Waals surface area contributed by atoms with Crippen molar-refractivity contribution in [3.05, 3.63) is 60.2 Å². The number of hydrogen-bond acceptors (Lipinski definition) is 6. The Morgan fingerprint density at radius 3 is 2.18 bits per heavy atom. The SMILES string of the molecule is CN(C)c1ccc(-c2nnc(NC(=O)C(Cc3ccccc3)NC(=O)C34CC5CC(CC(C5)C3)C4)s2)cc1. The highest BCUT2D eigenvalue weighted by atomic mass is 32.1. The summed E-state index contributed by atoms with van der Waals surface area (Å²) in [6, 6.07) is 17.3. The first-order chi connectivity index (χ1) is 18.4. The highest BCUT2D eigenvalue weighted by Crippen LogP contribution is 2.60. The van der Waals surface area contributed by atoms with Crippen molar-refractivity contribution < 1.29 is 9.59 Å². The lowest BCUT2D eigenvalue weighted by atomic mass is 9.49. The summed E-state index contributed by atoms with van der Waals surface area (Å²) in [5, 5.41) is 15.8. The van der Waals surface area contributed by atoms with Crippen molar-refractivity contribution in [3.8, 4) is 10.6 Å². The Balaban J connectivity index is 1.18. The van der Waals surface area contributed by atoms with Crippen LogP contribution in [0.15, 0.2) is 54.6 Å². The van der Waals surface area contributed by atoms with E-state index in [0.29, 0.717) is 29.3 Å². The summed E-state index contributed by atoms with van der Waals surface area (Å²) in [5.41, 5.74) is 2.76. The molecular formula is C30H35N5O2S. The Labute approximate surface area is 228 Å². The Morgan fingerprint density at radius 2 is 1.58 bits per heavy atom. The minimum atomic E-state index is -0.676. The Bertz CT molecular complexity index is 1270. The third kappa shape index (κ3) is 5.06. The van der Waals surface area contributed by atoms with Crippen molar-refractivity contribution in [1.82, 2.24) is 15.5 Å². The molecular weight excluding hydrogens is 494 g/mol. The summed E-state index contributed by atoms with van der Waals surface area (Å²) in [6.07, 6.45) is 7.17. The molecule has 4 aliphatic rings. The molecule has 2 amide bonds. The predicted octanol–water partition coefficient (Wildman–Crippen LogP) is 5.15. The lowest BCUT2D eigenvalue weighted by Gasteiger charge is -2.55. The van der Waals surface area contributed by atoms with Crippen molar-refractivity contribution in [2.24, 2.45) is 23.2 Å². The standard InChI is InChI=1S/C30H35N5O2S/c1-35(2)24-10-8-23(9-11-24)27-33-34-29(38-27)32-26(36)25(15-19-6-4-3-5-7-19)31-28(37)30-16-20-12-21(17-30)14-22(13-20)18-30/h3-11,20-22,25H,12-18H2,1-2H3,(H,31,37)(H,32,34,36). The summed E-state index contributed by atoms with van der Waals surface area (Å²) < 4.78 is 0. The number of nitrogens with zero attached hydrogens (tertiary/aromatic N) is 3. The molecule has 3 aromatic rings. The largest absolute Gasteiger partial charge is 0.378 e. The molecule has 1 heterocycles. The summed E-state index contributed by atoms with van der Waals surface area (Å²) in [5.74, 6) is 1.81. The van der Waals surface area contributed by atoms with Gasteiger partial charge in [-0.05, 0) is 86.1 Å². The molecule has 4 saturated carbocycles. The van der Waals surface area contributed by atoms with E-state index in [0.717, 1.165) is 41.1 Å². The molecule has 2 N–H and O–H groups in total. The Kier molecular flexibility index (Phi) is 6.68. The normalized spacial score (nSPS) is 26.1. The number of amides is 2. The lowest BCUT2D eigenvalue weighted by molar-refractivity contribution is -0.148. The molecule has 4 aliphatic carbocycles. The van der Waals surface area contributed by atoms with Gasteiger partial charge >= 0.3 is 0 Å². The molecule has 1 atom stereocenters. The average Bonchev–Trinajstić information content (AvgIpc) is 3.36. The lowest BCUT2D eigenvalue weighted by Crippen LogP contribution is -2.57. The molecule has 4 bridgehead atoms. The molecule has 38 heavy (non-hydrogen) atoms. The molecule has 2 aromatic carbocycles. The van der Waals surface area contributed by atoms with Crippen LogP contribution in [0.4, 0.5) is 10.8 Å². The van der Waals surface area contributed by atoms with Gasteiger partial charge in [-0.2, -0.15) is 0 Å². The number of carbonyl (C=O) groups is 2. The second kappa shape index (κ2) is 10.1. The first-order valence-corrected chi connectivity index (χ1v) is 14.5. The van der Waals surface area contributed by atoms with E-state index >= 15 is 0 Å². The zero-order valence-electron chi connectivity index (χ0n) is 22.0. The second-order valence-corrected chi connectivity index (χ2v) is 12.7. The van der Waals surface area contributed by atoms with E-state index in [2.05, 4.69) is 20.8 Å². The smallest absolute Gasteiger partial charge is 0.249 e. The van der Waals surface area contributed by atoms with Gasteiger partial charge in [-0.25, -0.2) is 0 Å². The Hall–Kier alpha value is -3.26. The monoisotopic (exact) mass is 529 g/mol. The second-order valence-electron chi connectivity index (χ2n) is 11.8. The van der Waals surface area contributed by atoms with Crippen molar-refractivity contribution in [2.45, 2.75) is 51.0 Å². The number of aromatic nitrogens is 2. The van der Waals surface area contributed by atoms with Crippen LogP contribution in [0.2, 0.25) is 0 Å². The molecule has 0 saturated heterocycles. The van der Waals surface area contributed by atoms with Crippen molar-refractivity contribution in [3.63, 3.8) is 0 Å². The molecule has 198 valence electrons. The number of carbonyl (C=O) groups excluding carboxylic acids is 2. The third-order valence-corrected chi connectivity index (χ3v) is 9.60. The fourth-order valence-electron chi connectivity index (χ4n) is 7.24. The third-order valence-electron chi connectivity index (χ3n) is 8.71. The number of nitrogens with one attached hydrogen (secondary N) is 2. The summed E-state index contributed by atoms with van der Waals surface area (Å²) in [7, 11) is 4.00. The summed E-state index contributed by atoms with van der Waals surface area (Å²) in [6.45, 7) is 0. The van der Waals surface area contributed by atoms with Crippen LogP contribution in [0.3, 0.4) is 0 Å². The zero-order valence-corrected chi connectivity index (χ0v) is 22.8. The molecule has 1 unspecified atom stereocenters. The van der Waals surface area contributed by atoms with Gasteiger partial charge in [0.05, 0.1) is 0 Å². The van der Waals surface area contributed by atoms with Gasteiger partial charge in [-0.15, -0.1) is 10.2 Å². The van der Waals surface area contributed by atoms with Gasteiger partial charge < -0.3 is 10.2 Å². The topological polar surface area (TPSA) is 87.2 Å². The summed E-state index contributed by atoms with van der Waals surface area (Å²) >= 11 is 1.34. The molecule has 1 aromatic heterocycles. The highest BCUT2D eigenvalue weighted by Gasteiger charge is 2.55. The van der Waals surface area contributed by atoms with Gasteiger partial charge in [0.15, 0.2) is 0 Å². The van der Waals surface area contributed by atoms with Crippen molar-refractivity contribution in [1.29, 1.82) is 0 Å². The van der Waals surface area contributed by atoms with Crippen LogP contribution in [0, 0.1) is 23.2 Å². The predicted molar refractivity (Wildman–Crippen MR) is 151 cm³/mol. The molecule has 0 aliphatic heterocycles. The maximum atomic E-state index is 13.8. The van der Waals surface area contributed by atoms with E-state index in [-0.39, 0.29) is 17.2 Å². The number of benzene rings is 2. The maximum absolute atomic E-state index is 13.8. The van der Waals surface area contributed by atoms with Crippen LogP contribution in [0.25, 0.3) is 10.6 Å². The maximum Gasteiger partial charge on any atom is 0.249 e.